The molecular formula is C25H26FN5O5. The van der Waals surface area contributed by atoms with Crippen LogP contribution in [-0.2, 0) is 27.3 Å². The maximum atomic E-state index is 13.9. The highest BCUT2D eigenvalue weighted by Gasteiger charge is 2.31. The quantitative estimate of drug-likeness (QED) is 0.476. The predicted octanol–water partition coefficient (Wildman–Crippen LogP) is 2.11. The number of nitrogens with zero attached hydrogens (tertiary/aromatic N) is 4. The highest BCUT2D eigenvalue weighted by Crippen LogP contribution is 2.32. The molecule has 1 atom stereocenters. The van der Waals surface area contributed by atoms with E-state index in [0.29, 0.717) is 30.0 Å². The van der Waals surface area contributed by atoms with E-state index in [0.717, 1.165) is 5.56 Å². The third-order valence-corrected chi connectivity index (χ3v) is 5.68. The molecule has 4 rings (SSSR count). The Morgan fingerprint density at radius 1 is 1.25 bits per heavy atom. The van der Waals surface area contributed by atoms with Crippen LogP contribution in [-0.4, -0.2) is 58.9 Å². The Morgan fingerprint density at radius 3 is 2.83 bits per heavy atom. The Hall–Kier alpha value is -4.28. The molecular weight excluding hydrogens is 469 g/mol. The molecule has 2 aromatic carbocycles. The van der Waals surface area contributed by atoms with Gasteiger partial charge in [0.15, 0.2) is 0 Å². The zero-order chi connectivity index (χ0) is 25.7. The van der Waals surface area contributed by atoms with Crippen LogP contribution in [0.3, 0.4) is 0 Å². The van der Waals surface area contributed by atoms with Crippen LogP contribution in [0.4, 0.5) is 10.1 Å². The van der Waals surface area contributed by atoms with Crippen LogP contribution in [0.2, 0.25) is 0 Å². The van der Waals surface area contributed by atoms with Gasteiger partial charge in [0.25, 0.3) is 11.8 Å². The lowest BCUT2D eigenvalue weighted by atomic mass is 10.1. The van der Waals surface area contributed by atoms with Crippen LogP contribution in [0.1, 0.15) is 35.1 Å². The number of likely N-dealkylation sites (N-methyl/N-ethyl adjacent to an activating group) is 1. The molecule has 0 saturated heterocycles. The van der Waals surface area contributed by atoms with E-state index in [4.69, 9.17) is 9.47 Å². The first kappa shape index (κ1) is 24.8. The molecule has 36 heavy (non-hydrogen) atoms. The molecule has 0 bridgehead atoms. The molecule has 1 aliphatic heterocycles. The third-order valence-electron chi connectivity index (χ3n) is 5.68. The van der Waals surface area contributed by atoms with Crippen molar-refractivity contribution in [2.45, 2.75) is 32.4 Å². The second-order valence-corrected chi connectivity index (χ2v) is 8.20. The number of hydrogen-bond donors (Lipinski definition) is 1. The normalized spacial score (nSPS) is 15.0. The molecule has 2 heterocycles. The number of amides is 2. The SMILES string of the molecule is CCOC(=O)CCc1ccc2c(c1)N(C)C(=O)C(NC(=O)c1ncn(Cc3ccccc3F)n1)CO2. The maximum absolute atomic E-state index is 13.9. The van der Waals surface area contributed by atoms with Crippen molar-refractivity contribution >= 4 is 23.5 Å². The Balaban J connectivity index is 1.41. The summed E-state index contributed by atoms with van der Waals surface area (Å²) in [7, 11) is 1.59. The lowest BCUT2D eigenvalue weighted by Gasteiger charge is -2.20. The molecule has 11 heteroatoms. The number of esters is 1. The van der Waals surface area contributed by atoms with E-state index in [1.165, 1.54) is 22.0 Å². The number of rotatable bonds is 8. The minimum absolute atomic E-state index is 0.0833. The monoisotopic (exact) mass is 495 g/mol. The standard InChI is InChI=1S/C25H26FN5O5/c1-3-35-22(32)11-9-16-8-10-21-20(12-16)30(2)25(34)19(14-36-21)28-24(33)23-27-15-31(29-23)13-17-6-4-5-7-18(17)26/h4-8,10,12,15,19H,3,9,11,13-14H2,1-2H3,(H,28,33). The molecule has 0 spiro atoms. The fourth-order valence-corrected chi connectivity index (χ4v) is 3.78. The Kier molecular flexibility index (Phi) is 7.57. The number of ether oxygens (including phenoxy) is 2. The summed E-state index contributed by atoms with van der Waals surface area (Å²) in [6.07, 6.45) is 2.00. The van der Waals surface area contributed by atoms with E-state index in [1.54, 1.807) is 44.3 Å². The zero-order valence-corrected chi connectivity index (χ0v) is 19.9. The minimum Gasteiger partial charge on any atom is -0.489 e. The van der Waals surface area contributed by atoms with Gasteiger partial charge in [-0.05, 0) is 37.1 Å². The maximum Gasteiger partial charge on any atom is 0.306 e. The van der Waals surface area contributed by atoms with Crippen LogP contribution >= 0.6 is 0 Å². The number of halogens is 1. The Morgan fingerprint density at radius 2 is 2.06 bits per heavy atom. The van der Waals surface area contributed by atoms with Crippen molar-refractivity contribution in [3.8, 4) is 5.75 Å². The second kappa shape index (κ2) is 11.0. The van der Waals surface area contributed by atoms with Gasteiger partial charge in [-0.1, -0.05) is 24.3 Å². The van der Waals surface area contributed by atoms with Gasteiger partial charge >= 0.3 is 5.97 Å². The van der Waals surface area contributed by atoms with Crippen molar-refractivity contribution in [2.24, 2.45) is 0 Å². The van der Waals surface area contributed by atoms with Crippen molar-refractivity contribution < 1.29 is 28.2 Å². The topological polar surface area (TPSA) is 116 Å². The molecule has 0 saturated carbocycles. The summed E-state index contributed by atoms with van der Waals surface area (Å²) in [6, 6.07) is 10.6. The molecule has 1 unspecified atom stereocenters. The summed E-state index contributed by atoms with van der Waals surface area (Å²) < 4.78 is 26.0. The van der Waals surface area contributed by atoms with Crippen LogP contribution in [0, 0.1) is 5.82 Å². The second-order valence-electron chi connectivity index (χ2n) is 8.20. The summed E-state index contributed by atoms with van der Waals surface area (Å²) in [4.78, 5) is 42.9. The molecule has 0 aliphatic carbocycles. The summed E-state index contributed by atoms with van der Waals surface area (Å²) in [5, 5.41) is 6.72. The van der Waals surface area contributed by atoms with Crippen LogP contribution in [0.5, 0.6) is 5.75 Å². The van der Waals surface area contributed by atoms with Crippen LogP contribution < -0.4 is 15.0 Å². The van der Waals surface area contributed by atoms with Crippen molar-refractivity contribution in [1.29, 1.82) is 0 Å². The van der Waals surface area contributed by atoms with Gasteiger partial charge in [-0.25, -0.2) is 14.1 Å². The van der Waals surface area contributed by atoms with Gasteiger partial charge < -0.3 is 19.7 Å². The number of anilines is 1. The minimum atomic E-state index is -0.976. The fraction of sp³-hybridized carbons (Fsp3) is 0.320. The number of benzene rings is 2. The van der Waals surface area contributed by atoms with Gasteiger partial charge in [0, 0.05) is 19.0 Å². The van der Waals surface area contributed by atoms with Gasteiger partial charge in [-0.15, -0.1) is 5.10 Å². The van der Waals surface area contributed by atoms with E-state index >= 15 is 0 Å². The first-order valence-corrected chi connectivity index (χ1v) is 11.5. The number of fused-ring (bicyclic) bond motifs is 1. The molecule has 1 N–H and O–H groups in total. The van der Waals surface area contributed by atoms with Gasteiger partial charge in [0.1, 0.15) is 30.5 Å². The molecule has 1 aliphatic rings. The van der Waals surface area contributed by atoms with Crippen molar-refractivity contribution in [3.05, 3.63) is 71.6 Å². The van der Waals surface area contributed by atoms with E-state index < -0.39 is 11.9 Å². The Bertz CT molecular complexity index is 1280. The summed E-state index contributed by atoms with van der Waals surface area (Å²) in [5.41, 5.74) is 1.78. The van der Waals surface area contributed by atoms with E-state index in [2.05, 4.69) is 15.4 Å². The van der Waals surface area contributed by atoms with E-state index in [9.17, 15) is 18.8 Å². The van der Waals surface area contributed by atoms with E-state index in [1.807, 2.05) is 6.07 Å². The number of aromatic nitrogens is 3. The number of carbonyl (C=O) groups excluding carboxylic acids is 3. The molecule has 1 aromatic heterocycles. The molecule has 188 valence electrons. The summed E-state index contributed by atoms with van der Waals surface area (Å²) in [5.74, 6) is -1.37. The lowest BCUT2D eigenvalue weighted by molar-refractivity contribution is -0.143. The fourth-order valence-electron chi connectivity index (χ4n) is 3.78. The first-order chi connectivity index (χ1) is 17.4. The number of aryl methyl sites for hydroxylation is 1. The smallest absolute Gasteiger partial charge is 0.306 e. The average Bonchev–Trinajstić information content (AvgIpc) is 3.31. The number of carbonyl (C=O) groups is 3. The van der Waals surface area contributed by atoms with Crippen molar-refractivity contribution in [1.82, 2.24) is 20.1 Å². The lowest BCUT2D eigenvalue weighted by Crippen LogP contribution is -2.49. The predicted molar refractivity (Wildman–Crippen MR) is 127 cm³/mol. The largest absolute Gasteiger partial charge is 0.489 e. The average molecular weight is 496 g/mol. The van der Waals surface area contributed by atoms with Gasteiger partial charge in [-0.3, -0.25) is 14.4 Å². The first-order valence-electron chi connectivity index (χ1n) is 11.5. The van der Waals surface area contributed by atoms with Gasteiger partial charge in [-0.2, -0.15) is 0 Å². The van der Waals surface area contributed by atoms with Crippen molar-refractivity contribution in [2.75, 3.05) is 25.2 Å². The molecule has 3 aromatic rings. The van der Waals surface area contributed by atoms with Crippen molar-refractivity contribution in [3.63, 3.8) is 0 Å². The highest BCUT2D eigenvalue weighted by molar-refractivity contribution is 6.02. The number of hydrogen-bond acceptors (Lipinski definition) is 7. The van der Waals surface area contributed by atoms with Crippen LogP contribution in [0.25, 0.3) is 0 Å². The zero-order valence-electron chi connectivity index (χ0n) is 19.9. The molecule has 10 nitrogen and oxygen atoms in total. The summed E-state index contributed by atoms with van der Waals surface area (Å²) >= 11 is 0. The molecule has 0 radical (unpaired) electrons. The molecule has 0 fully saturated rings. The van der Waals surface area contributed by atoms with Crippen LogP contribution in [0.15, 0.2) is 48.8 Å². The summed E-state index contributed by atoms with van der Waals surface area (Å²) in [6.45, 7) is 2.10. The molecule has 2 amide bonds. The number of nitrogens with one attached hydrogen (secondary N) is 1. The van der Waals surface area contributed by atoms with Gasteiger partial charge in [0.05, 0.1) is 18.8 Å². The highest BCUT2D eigenvalue weighted by atomic mass is 19.1. The Labute approximate surface area is 207 Å². The van der Waals surface area contributed by atoms with Gasteiger partial charge in [0.2, 0.25) is 5.82 Å². The third kappa shape index (κ3) is 5.68. The van der Waals surface area contributed by atoms with E-state index in [-0.39, 0.29) is 43.1 Å².